The van der Waals surface area contributed by atoms with Crippen LogP contribution in [0.1, 0.15) is 20.8 Å². The molecule has 1 aromatic carbocycles. The smallest absolute Gasteiger partial charge is 0.256 e. The number of aryl methyl sites for hydroxylation is 2. The van der Waals surface area contributed by atoms with Crippen molar-refractivity contribution in [3.63, 3.8) is 0 Å². The van der Waals surface area contributed by atoms with Gasteiger partial charge in [-0.05, 0) is 43.7 Å². The van der Waals surface area contributed by atoms with Gasteiger partial charge in [0.25, 0.3) is 5.91 Å². The van der Waals surface area contributed by atoms with Crippen LogP contribution in [0.5, 0.6) is 0 Å². The summed E-state index contributed by atoms with van der Waals surface area (Å²) < 4.78 is 0. The highest BCUT2D eigenvalue weighted by Crippen LogP contribution is 2.38. The van der Waals surface area contributed by atoms with Crippen LogP contribution in [0.3, 0.4) is 0 Å². The van der Waals surface area contributed by atoms with Crippen LogP contribution in [0.2, 0.25) is 0 Å². The number of pyridine rings is 1. The second-order valence-electron chi connectivity index (χ2n) is 5.93. The van der Waals surface area contributed by atoms with Crippen molar-refractivity contribution in [1.29, 1.82) is 0 Å². The number of fused-ring (bicyclic) bond motifs is 1. The molecule has 0 radical (unpaired) electrons. The van der Waals surface area contributed by atoms with Crippen LogP contribution in [-0.4, -0.2) is 20.9 Å². The van der Waals surface area contributed by atoms with Crippen LogP contribution in [0.4, 0.5) is 5.69 Å². The maximum atomic E-state index is 12.8. The molecule has 1 N–H and O–H groups in total. The van der Waals surface area contributed by atoms with Crippen molar-refractivity contribution in [2.24, 2.45) is 0 Å². The molecule has 134 valence electrons. The monoisotopic (exact) mass is 392 g/mol. The van der Waals surface area contributed by atoms with Gasteiger partial charge >= 0.3 is 0 Å². The Bertz CT molecular complexity index is 1130. The molecule has 0 aliphatic rings. The van der Waals surface area contributed by atoms with Gasteiger partial charge in [-0.3, -0.25) is 9.78 Å². The van der Waals surface area contributed by atoms with Gasteiger partial charge in [-0.2, -0.15) is 0 Å². The van der Waals surface area contributed by atoms with Crippen molar-refractivity contribution in [3.05, 3.63) is 71.1 Å². The van der Waals surface area contributed by atoms with E-state index in [1.807, 2.05) is 24.3 Å². The fraction of sp³-hybridized carbons (Fsp3) is 0.100. The van der Waals surface area contributed by atoms with E-state index in [1.54, 1.807) is 42.2 Å². The standard InChI is InChI=1S/C20H16N4OS2/c1-12-13(2)26-19-17(12)20(23-11-22-19)27-16-6-4-3-5-15(16)18(25)24-14-7-9-21-10-8-14/h3-11H,1-2H3,(H,21,24,25). The predicted octanol–water partition coefficient (Wildman–Crippen LogP) is 5.11. The lowest BCUT2D eigenvalue weighted by molar-refractivity contribution is 0.102. The van der Waals surface area contributed by atoms with Crippen molar-refractivity contribution in [1.82, 2.24) is 15.0 Å². The van der Waals surface area contributed by atoms with E-state index in [0.717, 1.165) is 20.1 Å². The van der Waals surface area contributed by atoms with Crippen LogP contribution in [0, 0.1) is 13.8 Å². The molecule has 27 heavy (non-hydrogen) atoms. The minimum absolute atomic E-state index is 0.159. The molecule has 3 aromatic heterocycles. The summed E-state index contributed by atoms with van der Waals surface area (Å²) in [6, 6.07) is 11.1. The first-order chi connectivity index (χ1) is 13.1. The number of carbonyl (C=O) groups excluding carboxylic acids is 1. The quantitative estimate of drug-likeness (QED) is 0.489. The zero-order valence-electron chi connectivity index (χ0n) is 14.8. The van der Waals surface area contributed by atoms with Crippen LogP contribution in [0.25, 0.3) is 10.2 Å². The van der Waals surface area contributed by atoms with Gasteiger partial charge in [0.2, 0.25) is 0 Å². The molecular weight excluding hydrogens is 376 g/mol. The lowest BCUT2D eigenvalue weighted by atomic mass is 10.2. The molecule has 0 saturated carbocycles. The molecule has 0 fully saturated rings. The summed E-state index contributed by atoms with van der Waals surface area (Å²) in [7, 11) is 0. The van der Waals surface area contributed by atoms with E-state index < -0.39 is 0 Å². The molecule has 4 aromatic rings. The van der Waals surface area contributed by atoms with E-state index in [-0.39, 0.29) is 5.91 Å². The Morgan fingerprint density at radius 1 is 1.07 bits per heavy atom. The Labute approximate surface area is 164 Å². The molecule has 0 saturated heterocycles. The molecule has 3 heterocycles. The largest absolute Gasteiger partial charge is 0.322 e. The van der Waals surface area contributed by atoms with Crippen LogP contribution in [-0.2, 0) is 0 Å². The predicted molar refractivity (Wildman–Crippen MR) is 110 cm³/mol. The lowest BCUT2D eigenvalue weighted by Gasteiger charge is -2.10. The number of thiophene rings is 1. The topological polar surface area (TPSA) is 67.8 Å². The molecule has 1 amide bonds. The van der Waals surface area contributed by atoms with Gasteiger partial charge in [0.1, 0.15) is 16.2 Å². The lowest BCUT2D eigenvalue weighted by Crippen LogP contribution is -2.12. The number of nitrogens with one attached hydrogen (secondary N) is 1. The number of rotatable bonds is 4. The number of nitrogens with zero attached hydrogens (tertiary/aromatic N) is 3. The number of amides is 1. The van der Waals surface area contributed by atoms with Gasteiger partial charge in [0.05, 0.1) is 5.56 Å². The average molecular weight is 393 g/mol. The van der Waals surface area contributed by atoms with Gasteiger partial charge in [-0.1, -0.05) is 23.9 Å². The van der Waals surface area contributed by atoms with E-state index >= 15 is 0 Å². The second-order valence-corrected chi connectivity index (χ2v) is 8.16. The Morgan fingerprint density at radius 2 is 1.85 bits per heavy atom. The Hall–Kier alpha value is -2.77. The Balaban J connectivity index is 1.69. The summed E-state index contributed by atoms with van der Waals surface area (Å²) in [5.74, 6) is -0.159. The van der Waals surface area contributed by atoms with Crippen molar-refractivity contribution in [3.8, 4) is 0 Å². The van der Waals surface area contributed by atoms with Gasteiger partial charge in [-0.15, -0.1) is 11.3 Å². The fourth-order valence-electron chi connectivity index (χ4n) is 2.71. The van der Waals surface area contributed by atoms with E-state index in [1.165, 1.54) is 22.2 Å². The zero-order valence-corrected chi connectivity index (χ0v) is 16.4. The molecule has 4 rings (SSSR count). The van der Waals surface area contributed by atoms with Crippen LogP contribution in [0.15, 0.2) is 65.0 Å². The number of carbonyl (C=O) groups is 1. The van der Waals surface area contributed by atoms with E-state index in [9.17, 15) is 4.79 Å². The number of aromatic nitrogens is 3. The first kappa shape index (κ1) is 17.6. The van der Waals surface area contributed by atoms with Gasteiger partial charge in [0, 0.05) is 33.2 Å². The van der Waals surface area contributed by atoms with Gasteiger partial charge in [-0.25, -0.2) is 9.97 Å². The zero-order chi connectivity index (χ0) is 18.8. The highest BCUT2D eigenvalue weighted by atomic mass is 32.2. The average Bonchev–Trinajstić information content (AvgIpc) is 2.98. The first-order valence-corrected chi connectivity index (χ1v) is 9.95. The second kappa shape index (κ2) is 7.46. The normalized spacial score (nSPS) is 10.9. The summed E-state index contributed by atoms with van der Waals surface area (Å²) in [6.07, 6.45) is 4.88. The molecule has 5 nitrogen and oxygen atoms in total. The summed E-state index contributed by atoms with van der Waals surface area (Å²) in [4.78, 5) is 28.7. The van der Waals surface area contributed by atoms with Crippen molar-refractivity contribution in [2.75, 3.05) is 5.32 Å². The molecular formula is C20H16N4OS2. The molecule has 0 bridgehead atoms. The Kier molecular flexibility index (Phi) is 4.87. The van der Waals surface area contributed by atoms with Crippen molar-refractivity contribution >= 4 is 44.9 Å². The number of hydrogen-bond acceptors (Lipinski definition) is 6. The summed E-state index contributed by atoms with van der Waals surface area (Å²) in [5, 5.41) is 4.84. The van der Waals surface area contributed by atoms with Crippen LogP contribution >= 0.6 is 23.1 Å². The summed E-state index contributed by atoms with van der Waals surface area (Å²) in [6.45, 7) is 4.18. The summed E-state index contributed by atoms with van der Waals surface area (Å²) >= 11 is 3.16. The Morgan fingerprint density at radius 3 is 2.67 bits per heavy atom. The van der Waals surface area contributed by atoms with Crippen LogP contribution < -0.4 is 5.32 Å². The van der Waals surface area contributed by atoms with Gasteiger partial charge < -0.3 is 5.32 Å². The maximum Gasteiger partial charge on any atom is 0.256 e. The molecule has 7 heteroatoms. The van der Waals surface area contributed by atoms with E-state index in [0.29, 0.717) is 11.3 Å². The van der Waals surface area contributed by atoms with Crippen molar-refractivity contribution in [2.45, 2.75) is 23.8 Å². The third kappa shape index (κ3) is 3.56. The first-order valence-electron chi connectivity index (χ1n) is 8.32. The van der Waals surface area contributed by atoms with E-state index in [2.05, 4.69) is 34.1 Å². The van der Waals surface area contributed by atoms with Crippen molar-refractivity contribution < 1.29 is 4.79 Å². The molecule has 0 aliphatic carbocycles. The highest BCUT2D eigenvalue weighted by Gasteiger charge is 2.17. The van der Waals surface area contributed by atoms with Gasteiger partial charge in [0.15, 0.2) is 0 Å². The molecule has 0 atom stereocenters. The molecule has 0 spiro atoms. The fourth-order valence-corrected chi connectivity index (χ4v) is 4.85. The third-order valence-electron chi connectivity index (χ3n) is 4.21. The maximum absolute atomic E-state index is 12.8. The minimum atomic E-state index is -0.159. The number of anilines is 1. The SMILES string of the molecule is Cc1sc2ncnc(Sc3ccccc3C(=O)Nc3ccncc3)c2c1C. The molecule has 0 aliphatic heterocycles. The highest BCUT2D eigenvalue weighted by molar-refractivity contribution is 7.99. The summed E-state index contributed by atoms with van der Waals surface area (Å²) in [5.41, 5.74) is 2.51. The van der Waals surface area contributed by atoms with E-state index in [4.69, 9.17) is 0 Å². The number of hydrogen-bond donors (Lipinski definition) is 1. The minimum Gasteiger partial charge on any atom is -0.322 e. The number of benzene rings is 1. The third-order valence-corrected chi connectivity index (χ3v) is 6.40. The molecule has 0 unspecified atom stereocenters.